The molecule has 2 aromatic heterocycles. The van der Waals surface area contributed by atoms with E-state index in [-0.39, 0.29) is 17.9 Å². The van der Waals surface area contributed by atoms with E-state index in [1.165, 1.54) is 0 Å². The van der Waals surface area contributed by atoms with Crippen molar-refractivity contribution >= 4 is 22.8 Å². The molecule has 0 aliphatic carbocycles. The van der Waals surface area contributed by atoms with Gasteiger partial charge < -0.3 is 14.8 Å². The zero-order chi connectivity index (χ0) is 16.0. The maximum absolute atomic E-state index is 12.3. The Bertz CT molecular complexity index is 807. The van der Waals surface area contributed by atoms with Crippen LogP contribution >= 0.6 is 0 Å². The Morgan fingerprint density at radius 3 is 3.22 bits per heavy atom. The van der Waals surface area contributed by atoms with E-state index in [1.54, 1.807) is 6.33 Å². The highest BCUT2D eigenvalue weighted by atomic mass is 16.2. The van der Waals surface area contributed by atoms with Crippen molar-refractivity contribution in [3.05, 3.63) is 18.6 Å². The normalized spacial score (nSPS) is 26.5. The fourth-order valence-corrected chi connectivity index (χ4v) is 4.04. The zero-order valence-electron chi connectivity index (χ0n) is 13.1. The summed E-state index contributed by atoms with van der Waals surface area (Å²) in [7, 11) is 0. The number of fused-ring (bicyclic) bond motifs is 1. The van der Waals surface area contributed by atoms with E-state index in [4.69, 9.17) is 6.42 Å². The summed E-state index contributed by atoms with van der Waals surface area (Å²) in [5, 5.41) is 1.03. The van der Waals surface area contributed by atoms with Crippen molar-refractivity contribution in [2.24, 2.45) is 5.92 Å². The van der Waals surface area contributed by atoms with E-state index in [1.807, 2.05) is 17.2 Å². The van der Waals surface area contributed by atoms with Gasteiger partial charge in [-0.15, -0.1) is 6.42 Å². The smallest absolute Gasteiger partial charge is 0.235 e. The third-order valence-corrected chi connectivity index (χ3v) is 5.38. The minimum absolute atomic E-state index is 0.0712. The van der Waals surface area contributed by atoms with Crippen LogP contribution in [0.15, 0.2) is 18.6 Å². The standard InChI is InChI=1S/C17H19N5O/c1-3-4-14(23)22-9-12(2)17(22)6-8-21(10-17)16-13-5-7-18-15(13)19-11-20-16/h1,5,7,11-12H,4,6,8-10H2,2H3,(H,18,19,20)/t12-,17-/m0/s1. The number of hydrogen-bond donors (Lipinski definition) is 1. The highest BCUT2D eigenvalue weighted by molar-refractivity contribution is 5.87. The Hall–Kier alpha value is -2.55. The van der Waals surface area contributed by atoms with Crippen LogP contribution in [0.2, 0.25) is 0 Å². The summed E-state index contributed by atoms with van der Waals surface area (Å²) in [4.78, 5) is 28.4. The SMILES string of the molecule is C#CCC(=O)N1C[C@H](C)[C@@]12CCN(c1ncnc3[nH]ccc13)C2. The molecule has 2 saturated heterocycles. The van der Waals surface area contributed by atoms with Gasteiger partial charge in [-0.25, -0.2) is 9.97 Å². The molecule has 1 spiro atoms. The van der Waals surface area contributed by atoms with Gasteiger partial charge in [0.05, 0.1) is 17.3 Å². The summed E-state index contributed by atoms with van der Waals surface area (Å²) in [5.41, 5.74) is 0.750. The van der Waals surface area contributed by atoms with Crippen molar-refractivity contribution in [2.45, 2.75) is 25.3 Å². The largest absolute Gasteiger partial charge is 0.353 e. The van der Waals surface area contributed by atoms with Crippen molar-refractivity contribution in [3.8, 4) is 12.3 Å². The molecule has 2 aliphatic rings. The van der Waals surface area contributed by atoms with Crippen LogP contribution in [0, 0.1) is 18.3 Å². The number of aromatic amines is 1. The molecular formula is C17H19N5O. The Kier molecular flexibility index (Phi) is 3.05. The van der Waals surface area contributed by atoms with E-state index in [0.29, 0.717) is 5.92 Å². The third-order valence-electron chi connectivity index (χ3n) is 5.38. The van der Waals surface area contributed by atoms with Crippen LogP contribution in [-0.4, -0.2) is 50.9 Å². The molecule has 0 aromatic carbocycles. The summed E-state index contributed by atoms with van der Waals surface area (Å²) in [6, 6.07) is 2.00. The van der Waals surface area contributed by atoms with Crippen molar-refractivity contribution < 1.29 is 4.79 Å². The molecule has 0 saturated carbocycles. The molecule has 0 unspecified atom stereocenters. The molecule has 118 valence electrons. The van der Waals surface area contributed by atoms with Crippen molar-refractivity contribution in [2.75, 3.05) is 24.5 Å². The number of H-pyrrole nitrogens is 1. The topological polar surface area (TPSA) is 65.1 Å². The lowest BCUT2D eigenvalue weighted by Gasteiger charge is -2.56. The van der Waals surface area contributed by atoms with Gasteiger partial charge in [-0.1, -0.05) is 12.8 Å². The summed E-state index contributed by atoms with van der Waals surface area (Å²) in [6.07, 6.45) is 9.92. The molecule has 23 heavy (non-hydrogen) atoms. The van der Waals surface area contributed by atoms with Gasteiger partial charge in [0.1, 0.15) is 17.8 Å². The molecule has 1 amide bonds. The van der Waals surface area contributed by atoms with Gasteiger partial charge in [-0.3, -0.25) is 4.79 Å². The van der Waals surface area contributed by atoms with Crippen molar-refractivity contribution in [3.63, 3.8) is 0 Å². The maximum Gasteiger partial charge on any atom is 0.235 e. The summed E-state index contributed by atoms with van der Waals surface area (Å²) in [6.45, 7) is 4.72. The predicted octanol–water partition coefficient (Wildman–Crippen LogP) is 1.41. The molecule has 2 fully saturated rings. The summed E-state index contributed by atoms with van der Waals surface area (Å²) in [5.74, 6) is 3.97. The van der Waals surface area contributed by atoms with E-state index in [9.17, 15) is 4.79 Å². The minimum atomic E-state index is -0.0957. The first-order valence-corrected chi connectivity index (χ1v) is 7.93. The van der Waals surface area contributed by atoms with Crippen LogP contribution in [0.5, 0.6) is 0 Å². The van der Waals surface area contributed by atoms with Crippen molar-refractivity contribution in [1.82, 2.24) is 19.9 Å². The lowest BCUT2D eigenvalue weighted by Crippen LogP contribution is -2.69. The summed E-state index contributed by atoms with van der Waals surface area (Å²) >= 11 is 0. The van der Waals surface area contributed by atoms with Crippen LogP contribution in [0.4, 0.5) is 5.82 Å². The predicted molar refractivity (Wildman–Crippen MR) is 87.8 cm³/mol. The molecule has 2 aliphatic heterocycles. The average molecular weight is 309 g/mol. The Labute approximate surface area is 134 Å². The van der Waals surface area contributed by atoms with Gasteiger partial charge in [0, 0.05) is 25.8 Å². The van der Waals surface area contributed by atoms with E-state index < -0.39 is 0 Å². The lowest BCUT2D eigenvalue weighted by molar-refractivity contribution is -0.152. The minimum Gasteiger partial charge on any atom is -0.353 e. The fourth-order valence-electron chi connectivity index (χ4n) is 4.04. The average Bonchev–Trinajstić information content (AvgIpc) is 3.20. The fraction of sp³-hybridized carbons (Fsp3) is 0.471. The number of amides is 1. The Balaban J connectivity index is 1.62. The van der Waals surface area contributed by atoms with E-state index >= 15 is 0 Å². The van der Waals surface area contributed by atoms with E-state index in [0.717, 1.165) is 42.9 Å². The third kappa shape index (κ3) is 1.93. The highest BCUT2D eigenvalue weighted by Gasteiger charge is 2.56. The number of nitrogens with zero attached hydrogens (tertiary/aromatic N) is 4. The van der Waals surface area contributed by atoms with E-state index in [2.05, 4.69) is 32.7 Å². The molecule has 2 aromatic rings. The molecule has 2 atom stereocenters. The number of likely N-dealkylation sites (tertiary alicyclic amines) is 1. The van der Waals surface area contributed by atoms with Crippen LogP contribution in [0.25, 0.3) is 11.0 Å². The first-order valence-electron chi connectivity index (χ1n) is 7.93. The molecule has 0 radical (unpaired) electrons. The molecule has 4 rings (SSSR count). The number of nitrogens with one attached hydrogen (secondary N) is 1. The molecule has 6 nitrogen and oxygen atoms in total. The first-order chi connectivity index (χ1) is 11.2. The monoisotopic (exact) mass is 309 g/mol. The second-order valence-electron chi connectivity index (χ2n) is 6.50. The Morgan fingerprint density at radius 2 is 2.43 bits per heavy atom. The second kappa shape index (κ2) is 4.98. The lowest BCUT2D eigenvalue weighted by atomic mass is 9.74. The van der Waals surface area contributed by atoms with Gasteiger partial charge in [-0.2, -0.15) is 0 Å². The molecular weight excluding hydrogens is 290 g/mol. The number of hydrogen-bond acceptors (Lipinski definition) is 4. The van der Waals surface area contributed by atoms with Crippen LogP contribution in [-0.2, 0) is 4.79 Å². The summed E-state index contributed by atoms with van der Waals surface area (Å²) < 4.78 is 0. The number of aromatic nitrogens is 3. The number of carbonyl (C=O) groups excluding carboxylic acids is 1. The first kappa shape index (κ1) is 14.1. The number of rotatable bonds is 2. The van der Waals surface area contributed by atoms with Gasteiger partial charge in [0.15, 0.2) is 0 Å². The Morgan fingerprint density at radius 1 is 1.57 bits per heavy atom. The van der Waals surface area contributed by atoms with Gasteiger partial charge in [0.25, 0.3) is 0 Å². The van der Waals surface area contributed by atoms with Crippen LogP contribution < -0.4 is 4.90 Å². The number of carbonyl (C=O) groups is 1. The second-order valence-corrected chi connectivity index (χ2v) is 6.50. The van der Waals surface area contributed by atoms with Gasteiger partial charge in [0.2, 0.25) is 5.91 Å². The molecule has 0 bridgehead atoms. The highest BCUT2D eigenvalue weighted by Crippen LogP contribution is 2.45. The van der Waals surface area contributed by atoms with Gasteiger partial charge in [-0.05, 0) is 18.4 Å². The zero-order valence-corrected chi connectivity index (χ0v) is 13.1. The molecule has 1 N–H and O–H groups in total. The van der Waals surface area contributed by atoms with Crippen molar-refractivity contribution in [1.29, 1.82) is 0 Å². The quantitative estimate of drug-likeness (QED) is 0.852. The molecule has 6 heteroatoms. The van der Waals surface area contributed by atoms with Crippen LogP contribution in [0.1, 0.15) is 19.8 Å². The van der Waals surface area contributed by atoms with Crippen LogP contribution in [0.3, 0.4) is 0 Å². The molecule has 4 heterocycles. The van der Waals surface area contributed by atoms with Gasteiger partial charge >= 0.3 is 0 Å². The number of terminal acetylenes is 1. The number of anilines is 1. The maximum atomic E-state index is 12.3.